The summed E-state index contributed by atoms with van der Waals surface area (Å²) in [6, 6.07) is 23.6. The zero-order valence-corrected chi connectivity index (χ0v) is 24.3. The molecule has 0 radical (unpaired) electrons. The summed E-state index contributed by atoms with van der Waals surface area (Å²) in [6.45, 7) is -0.262. The number of benzene rings is 3. The van der Waals surface area contributed by atoms with Gasteiger partial charge >= 0.3 is 0 Å². The Balaban J connectivity index is 1.50. The lowest BCUT2D eigenvalue weighted by atomic mass is 9.98. The maximum atomic E-state index is 13.7. The molecule has 1 aromatic heterocycles. The van der Waals surface area contributed by atoms with Crippen molar-refractivity contribution < 1.29 is 14.3 Å². The Hall–Kier alpha value is -3.76. The fourth-order valence-corrected chi connectivity index (χ4v) is 5.10. The number of hydrogen-bond acceptors (Lipinski definition) is 6. The van der Waals surface area contributed by atoms with Gasteiger partial charge in [0.2, 0.25) is 0 Å². The summed E-state index contributed by atoms with van der Waals surface area (Å²) in [6.07, 6.45) is 0.489. The second-order valence-electron chi connectivity index (χ2n) is 8.85. The number of carbonyl (C=O) groups is 1. The van der Waals surface area contributed by atoms with Gasteiger partial charge in [0, 0.05) is 27.0 Å². The fourth-order valence-electron chi connectivity index (χ4n) is 4.44. The predicted octanol–water partition coefficient (Wildman–Crippen LogP) is 5.83. The maximum absolute atomic E-state index is 13.7. The van der Waals surface area contributed by atoms with Crippen LogP contribution in [-0.2, 0) is 11.3 Å². The van der Waals surface area contributed by atoms with Gasteiger partial charge in [0.15, 0.2) is 11.5 Å². The maximum Gasteiger partial charge on any atom is 0.267 e. The van der Waals surface area contributed by atoms with Crippen molar-refractivity contribution in [2.75, 3.05) is 14.2 Å². The van der Waals surface area contributed by atoms with Crippen molar-refractivity contribution in [1.82, 2.24) is 14.8 Å². The molecule has 1 atom stereocenters. The minimum atomic E-state index is -0.403. The number of carbonyl (C=O) groups excluding carboxylic acids is 1. The molecular formula is C29H24Br2N4O4. The highest BCUT2D eigenvalue weighted by atomic mass is 79.9. The van der Waals surface area contributed by atoms with Crippen LogP contribution in [-0.4, -0.2) is 40.6 Å². The number of hydrogen-bond donors (Lipinski definition) is 0. The number of halogens is 2. The lowest BCUT2D eigenvalue weighted by Gasteiger charge is -2.23. The van der Waals surface area contributed by atoms with Crippen molar-refractivity contribution in [3.8, 4) is 22.8 Å². The van der Waals surface area contributed by atoms with Gasteiger partial charge in [-0.3, -0.25) is 9.59 Å². The summed E-state index contributed by atoms with van der Waals surface area (Å²) in [5.74, 6) is 0.785. The molecule has 5 rings (SSSR count). The highest BCUT2D eigenvalue weighted by Crippen LogP contribution is 2.37. The number of amides is 1. The van der Waals surface area contributed by atoms with Gasteiger partial charge in [0.25, 0.3) is 11.5 Å². The van der Waals surface area contributed by atoms with Crippen molar-refractivity contribution in [2.45, 2.75) is 19.0 Å². The van der Waals surface area contributed by atoms with Gasteiger partial charge in [-0.2, -0.15) is 10.2 Å². The molecule has 0 fully saturated rings. The van der Waals surface area contributed by atoms with E-state index in [-0.39, 0.29) is 18.0 Å². The van der Waals surface area contributed by atoms with Crippen LogP contribution in [0.25, 0.3) is 11.3 Å². The van der Waals surface area contributed by atoms with E-state index in [4.69, 9.17) is 14.6 Å². The first-order valence-electron chi connectivity index (χ1n) is 12.1. The molecule has 0 saturated heterocycles. The molecule has 0 N–H and O–H groups in total. The first-order valence-corrected chi connectivity index (χ1v) is 13.7. The molecule has 198 valence electrons. The monoisotopic (exact) mass is 650 g/mol. The molecule has 1 amide bonds. The topological polar surface area (TPSA) is 86.0 Å². The number of hydrazone groups is 1. The van der Waals surface area contributed by atoms with E-state index >= 15 is 0 Å². The summed E-state index contributed by atoms with van der Waals surface area (Å²) < 4.78 is 13.9. The summed E-state index contributed by atoms with van der Waals surface area (Å²) in [4.78, 5) is 26.4. The molecule has 0 bridgehead atoms. The summed E-state index contributed by atoms with van der Waals surface area (Å²) in [7, 11) is 3.14. The zero-order chi connectivity index (χ0) is 27.5. The SMILES string of the molecule is COc1ccc(C2CC(c3ccc(Br)cc3)=NN2C(=O)Cn2nc(-c3cccc(Br)c3)ccc2=O)cc1OC. The third-order valence-electron chi connectivity index (χ3n) is 6.41. The first-order chi connectivity index (χ1) is 18.9. The molecule has 0 aliphatic carbocycles. The largest absolute Gasteiger partial charge is 0.493 e. The van der Waals surface area contributed by atoms with Gasteiger partial charge < -0.3 is 9.47 Å². The van der Waals surface area contributed by atoms with E-state index < -0.39 is 6.04 Å². The van der Waals surface area contributed by atoms with Gasteiger partial charge in [-0.15, -0.1) is 0 Å². The van der Waals surface area contributed by atoms with Crippen molar-refractivity contribution in [3.63, 3.8) is 0 Å². The van der Waals surface area contributed by atoms with E-state index in [1.165, 1.54) is 15.8 Å². The highest BCUT2D eigenvalue weighted by molar-refractivity contribution is 9.10. The Morgan fingerprint density at radius 3 is 2.38 bits per heavy atom. The van der Waals surface area contributed by atoms with E-state index in [1.54, 1.807) is 20.3 Å². The van der Waals surface area contributed by atoms with Crippen LogP contribution < -0.4 is 15.0 Å². The smallest absolute Gasteiger partial charge is 0.267 e. The van der Waals surface area contributed by atoms with Crippen molar-refractivity contribution in [3.05, 3.63) is 109 Å². The third kappa shape index (κ3) is 5.81. The van der Waals surface area contributed by atoms with Crippen LogP contribution in [0.5, 0.6) is 11.5 Å². The standard InChI is InChI=1S/C29H24Br2N4O4/c1-38-26-12-8-20(15-27(26)39-2)25-16-24(18-6-9-21(30)10-7-18)33-35(25)29(37)17-34-28(36)13-11-23(32-34)19-4-3-5-22(31)14-19/h3-15,25H,16-17H2,1-2H3. The zero-order valence-electron chi connectivity index (χ0n) is 21.2. The van der Waals surface area contributed by atoms with Crippen LogP contribution in [0.1, 0.15) is 23.6 Å². The van der Waals surface area contributed by atoms with Gasteiger partial charge in [-0.05, 0) is 53.6 Å². The third-order valence-corrected chi connectivity index (χ3v) is 7.43. The summed E-state index contributed by atoms with van der Waals surface area (Å²) in [5, 5.41) is 10.6. The van der Waals surface area contributed by atoms with E-state index in [0.717, 1.165) is 31.3 Å². The van der Waals surface area contributed by atoms with Crippen LogP contribution in [0.3, 0.4) is 0 Å². The Bertz CT molecular complexity index is 1620. The molecule has 39 heavy (non-hydrogen) atoms. The normalized spacial score (nSPS) is 14.7. The fraction of sp³-hybridized carbons (Fsp3) is 0.172. The minimum Gasteiger partial charge on any atom is -0.493 e. The number of nitrogens with zero attached hydrogens (tertiary/aromatic N) is 4. The number of rotatable bonds is 7. The lowest BCUT2D eigenvalue weighted by molar-refractivity contribution is -0.133. The number of methoxy groups -OCH3 is 2. The van der Waals surface area contributed by atoms with Crippen molar-refractivity contribution >= 4 is 43.5 Å². The Morgan fingerprint density at radius 2 is 1.67 bits per heavy atom. The Kier molecular flexibility index (Phi) is 7.94. The molecular weight excluding hydrogens is 628 g/mol. The highest BCUT2D eigenvalue weighted by Gasteiger charge is 2.34. The Labute approximate surface area is 242 Å². The molecule has 2 heterocycles. The molecule has 10 heteroatoms. The van der Waals surface area contributed by atoms with Crippen LogP contribution in [0.15, 0.2) is 97.7 Å². The van der Waals surface area contributed by atoms with E-state index in [0.29, 0.717) is 23.6 Å². The second kappa shape index (κ2) is 11.5. The van der Waals surface area contributed by atoms with Crippen LogP contribution in [0, 0.1) is 0 Å². The quantitative estimate of drug-likeness (QED) is 0.251. The van der Waals surface area contributed by atoms with E-state index in [9.17, 15) is 9.59 Å². The number of ether oxygens (including phenoxy) is 2. The van der Waals surface area contributed by atoms with Gasteiger partial charge in [0.05, 0.1) is 31.7 Å². The Morgan fingerprint density at radius 1 is 0.897 bits per heavy atom. The van der Waals surface area contributed by atoms with Gasteiger partial charge in [0.1, 0.15) is 6.54 Å². The molecule has 4 aromatic rings. The summed E-state index contributed by atoms with van der Waals surface area (Å²) in [5.41, 5.74) is 3.54. The molecule has 3 aromatic carbocycles. The predicted molar refractivity (Wildman–Crippen MR) is 156 cm³/mol. The average Bonchev–Trinajstić information content (AvgIpc) is 3.40. The molecule has 1 aliphatic rings. The van der Waals surface area contributed by atoms with E-state index in [1.807, 2.05) is 66.7 Å². The van der Waals surface area contributed by atoms with Gasteiger partial charge in [-0.1, -0.05) is 62.2 Å². The molecule has 0 spiro atoms. The molecule has 1 unspecified atom stereocenters. The number of aromatic nitrogens is 2. The second-order valence-corrected chi connectivity index (χ2v) is 10.7. The average molecular weight is 652 g/mol. The molecule has 8 nitrogen and oxygen atoms in total. The van der Waals surface area contributed by atoms with Gasteiger partial charge in [-0.25, -0.2) is 9.69 Å². The van der Waals surface area contributed by atoms with Crippen LogP contribution in [0.2, 0.25) is 0 Å². The minimum absolute atomic E-state index is 0.262. The van der Waals surface area contributed by atoms with Crippen molar-refractivity contribution in [2.24, 2.45) is 5.10 Å². The molecule has 0 saturated carbocycles. The van der Waals surface area contributed by atoms with Crippen LogP contribution in [0.4, 0.5) is 0 Å². The lowest BCUT2D eigenvalue weighted by Crippen LogP contribution is -2.35. The molecule has 1 aliphatic heterocycles. The first kappa shape index (κ1) is 26.8. The van der Waals surface area contributed by atoms with Crippen molar-refractivity contribution in [1.29, 1.82) is 0 Å². The summed E-state index contributed by atoms with van der Waals surface area (Å²) >= 11 is 6.93. The van der Waals surface area contributed by atoms with E-state index in [2.05, 4.69) is 37.0 Å². The van der Waals surface area contributed by atoms with Crippen LogP contribution >= 0.6 is 31.9 Å².